The first-order valence-electron chi connectivity index (χ1n) is 8.61. The van der Waals surface area contributed by atoms with Crippen LogP contribution in [0, 0.1) is 6.92 Å². The van der Waals surface area contributed by atoms with E-state index in [4.69, 9.17) is 4.52 Å². The Morgan fingerprint density at radius 2 is 2.08 bits per heavy atom. The van der Waals surface area contributed by atoms with Gasteiger partial charge in [-0.2, -0.15) is 4.98 Å². The molecule has 0 bridgehead atoms. The van der Waals surface area contributed by atoms with Gasteiger partial charge in [0.15, 0.2) is 0 Å². The highest BCUT2D eigenvalue weighted by molar-refractivity contribution is 7.89. The fourth-order valence-corrected chi connectivity index (χ4v) is 5.32. The van der Waals surface area contributed by atoms with E-state index in [2.05, 4.69) is 14.9 Å². The number of hydrogen-bond donors (Lipinski definition) is 1. The average molecular weight is 399 g/mol. The second-order valence-corrected chi connectivity index (χ2v) is 9.15. The van der Waals surface area contributed by atoms with Crippen LogP contribution in [0.15, 0.2) is 15.5 Å². The highest BCUT2D eigenvalue weighted by atomic mass is 32.2. The quantitative estimate of drug-likeness (QED) is 0.797. The van der Waals surface area contributed by atoms with Crippen molar-refractivity contribution in [3.8, 4) is 10.7 Å². The second-order valence-electron chi connectivity index (χ2n) is 6.16. The molecule has 26 heavy (non-hydrogen) atoms. The third-order valence-corrected chi connectivity index (χ3v) is 6.98. The fraction of sp³-hybridized carbons (Fsp3) is 0.562. The minimum atomic E-state index is -3.78. The van der Waals surface area contributed by atoms with Gasteiger partial charge in [-0.15, -0.1) is 11.3 Å². The number of nitrogens with one attached hydrogen (secondary N) is 1. The summed E-state index contributed by atoms with van der Waals surface area (Å²) in [5, 5.41) is 3.88. The molecule has 3 rings (SSSR count). The molecule has 0 unspecified atom stereocenters. The summed E-state index contributed by atoms with van der Waals surface area (Å²) < 4.78 is 32.7. The first kappa shape index (κ1) is 19.0. The molecular weight excluding hydrogens is 376 g/mol. The van der Waals surface area contributed by atoms with Crippen molar-refractivity contribution < 1.29 is 17.7 Å². The van der Waals surface area contributed by atoms with Gasteiger partial charge >= 0.3 is 0 Å². The molecular formula is C16H22N4O4S2. The number of thiophene rings is 1. The average Bonchev–Trinajstić information content (AvgIpc) is 3.27. The van der Waals surface area contributed by atoms with Crippen molar-refractivity contribution in [1.29, 1.82) is 0 Å². The third kappa shape index (κ3) is 4.13. The van der Waals surface area contributed by atoms with Crippen LogP contribution in [0.3, 0.4) is 0 Å². The van der Waals surface area contributed by atoms with Gasteiger partial charge in [-0.05, 0) is 32.3 Å². The topological polar surface area (TPSA) is 105 Å². The van der Waals surface area contributed by atoms with E-state index in [0.717, 1.165) is 19.3 Å². The first-order chi connectivity index (χ1) is 12.4. The van der Waals surface area contributed by atoms with Crippen LogP contribution in [0.1, 0.15) is 37.0 Å². The Kier molecular flexibility index (Phi) is 5.73. The van der Waals surface area contributed by atoms with Gasteiger partial charge in [0.25, 0.3) is 0 Å². The number of piperidine rings is 1. The summed E-state index contributed by atoms with van der Waals surface area (Å²) >= 11 is 1.28. The maximum Gasteiger partial charge on any atom is 0.242 e. The second kappa shape index (κ2) is 7.85. The van der Waals surface area contributed by atoms with Crippen LogP contribution in [-0.4, -0.2) is 49.0 Å². The summed E-state index contributed by atoms with van der Waals surface area (Å²) in [6.45, 7) is 4.78. The maximum atomic E-state index is 12.6. The van der Waals surface area contributed by atoms with E-state index in [1.54, 1.807) is 11.8 Å². The molecule has 3 heterocycles. The number of carbonyl (C=O) groups is 1. The van der Waals surface area contributed by atoms with E-state index in [1.807, 2.05) is 6.92 Å². The highest BCUT2D eigenvalue weighted by Gasteiger charge is 2.24. The lowest BCUT2D eigenvalue weighted by atomic mass is 10.1. The highest BCUT2D eigenvalue weighted by Crippen LogP contribution is 2.32. The molecule has 0 saturated carbocycles. The van der Waals surface area contributed by atoms with Gasteiger partial charge in [-0.25, -0.2) is 13.1 Å². The summed E-state index contributed by atoms with van der Waals surface area (Å²) in [6, 6.07) is 1.53. The zero-order valence-corrected chi connectivity index (χ0v) is 16.5. The number of likely N-dealkylation sites (tertiary alicyclic amines) is 1. The molecule has 10 heteroatoms. The first-order valence-corrected chi connectivity index (χ1v) is 10.9. The van der Waals surface area contributed by atoms with Crippen molar-refractivity contribution in [2.24, 2.45) is 0 Å². The Hall–Kier alpha value is -1.78. The molecule has 1 amide bonds. The van der Waals surface area contributed by atoms with E-state index >= 15 is 0 Å². The van der Waals surface area contributed by atoms with E-state index in [9.17, 15) is 13.2 Å². The van der Waals surface area contributed by atoms with E-state index in [0.29, 0.717) is 41.0 Å². The third-order valence-electron chi connectivity index (χ3n) is 4.27. The van der Waals surface area contributed by atoms with E-state index < -0.39 is 10.0 Å². The number of nitrogens with zero attached hydrogens (tertiary/aromatic N) is 3. The van der Waals surface area contributed by atoms with Crippen molar-refractivity contribution in [2.45, 2.75) is 44.4 Å². The number of amides is 1. The molecule has 142 valence electrons. The lowest BCUT2D eigenvalue weighted by Gasteiger charge is -2.26. The summed E-state index contributed by atoms with van der Waals surface area (Å²) in [4.78, 5) is 19.5. The maximum absolute atomic E-state index is 12.6. The van der Waals surface area contributed by atoms with Gasteiger partial charge in [-0.3, -0.25) is 4.79 Å². The van der Waals surface area contributed by atoms with Crippen LogP contribution in [0.4, 0.5) is 0 Å². The number of carbonyl (C=O) groups excluding carboxylic acids is 1. The molecule has 0 spiro atoms. The van der Waals surface area contributed by atoms with Crippen molar-refractivity contribution >= 4 is 27.3 Å². The Morgan fingerprint density at radius 1 is 1.35 bits per heavy atom. The van der Waals surface area contributed by atoms with Crippen LogP contribution in [0.5, 0.6) is 0 Å². The van der Waals surface area contributed by atoms with Gasteiger partial charge in [0.2, 0.25) is 27.6 Å². The smallest absolute Gasteiger partial charge is 0.242 e. The Morgan fingerprint density at radius 3 is 2.73 bits per heavy atom. The van der Waals surface area contributed by atoms with Gasteiger partial charge in [0, 0.05) is 24.4 Å². The fourth-order valence-electron chi connectivity index (χ4n) is 2.83. The molecule has 2 aromatic rings. The number of sulfonamides is 1. The van der Waals surface area contributed by atoms with Crippen LogP contribution >= 0.6 is 11.3 Å². The van der Waals surface area contributed by atoms with Crippen LogP contribution in [0.2, 0.25) is 0 Å². The number of hydrogen-bond acceptors (Lipinski definition) is 7. The summed E-state index contributed by atoms with van der Waals surface area (Å²) in [5.74, 6) is 0.689. The zero-order valence-electron chi connectivity index (χ0n) is 14.8. The Bertz CT molecular complexity index is 882. The molecule has 0 aliphatic carbocycles. The molecule has 8 nitrogen and oxygen atoms in total. The molecule has 1 aliphatic heterocycles. The SMILES string of the molecule is CCc1nc(-c2cc(S(=O)(=O)NCC(=O)N3CCCCC3)c(C)s2)no1. The number of aryl methyl sites for hydroxylation is 2. The number of aromatic nitrogens is 2. The molecule has 2 aromatic heterocycles. The van der Waals surface area contributed by atoms with E-state index in [1.165, 1.54) is 17.4 Å². The minimum Gasteiger partial charge on any atom is -0.342 e. The molecule has 0 atom stereocenters. The van der Waals surface area contributed by atoms with Gasteiger partial charge in [0.1, 0.15) is 0 Å². The molecule has 1 N–H and O–H groups in total. The van der Waals surface area contributed by atoms with Crippen molar-refractivity contribution in [3.05, 3.63) is 16.8 Å². The Labute approximate surface area is 156 Å². The standard InChI is InChI=1S/C16H22N4O4S2/c1-3-14-18-16(19-24-14)12-9-13(11(2)25-12)26(22,23)17-10-15(21)20-7-5-4-6-8-20/h9,17H,3-8,10H2,1-2H3. The van der Waals surface area contributed by atoms with Gasteiger partial charge in [0.05, 0.1) is 16.3 Å². The van der Waals surface area contributed by atoms with Gasteiger partial charge in [-0.1, -0.05) is 12.1 Å². The molecule has 1 saturated heterocycles. The largest absolute Gasteiger partial charge is 0.342 e. The van der Waals surface area contributed by atoms with Crippen molar-refractivity contribution in [2.75, 3.05) is 19.6 Å². The Balaban J connectivity index is 1.71. The lowest BCUT2D eigenvalue weighted by molar-refractivity contribution is -0.130. The summed E-state index contributed by atoms with van der Waals surface area (Å²) in [5.41, 5.74) is 0. The van der Waals surface area contributed by atoms with Crippen molar-refractivity contribution in [1.82, 2.24) is 19.8 Å². The molecule has 0 radical (unpaired) electrons. The predicted molar refractivity (Wildman–Crippen MR) is 97.3 cm³/mol. The van der Waals surface area contributed by atoms with Crippen LogP contribution < -0.4 is 4.72 Å². The monoisotopic (exact) mass is 398 g/mol. The normalized spacial score (nSPS) is 15.4. The van der Waals surface area contributed by atoms with Crippen LogP contribution in [-0.2, 0) is 21.2 Å². The van der Waals surface area contributed by atoms with Crippen LogP contribution in [0.25, 0.3) is 10.7 Å². The lowest BCUT2D eigenvalue weighted by Crippen LogP contribution is -2.42. The zero-order chi connectivity index (χ0) is 18.7. The molecule has 0 aromatic carbocycles. The predicted octanol–water partition coefficient (Wildman–Crippen LogP) is 1.96. The van der Waals surface area contributed by atoms with E-state index in [-0.39, 0.29) is 17.3 Å². The molecule has 1 aliphatic rings. The summed E-state index contributed by atoms with van der Waals surface area (Å²) in [6.07, 6.45) is 3.66. The number of rotatable bonds is 6. The summed E-state index contributed by atoms with van der Waals surface area (Å²) in [7, 11) is -3.78. The van der Waals surface area contributed by atoms with Gasteiger partial charge < -0.3 is 9.42 Å². The molecule has 1 fully saturated rings. The minimum absolute atomic E-state index is 0.145. The van der Waals surface area contributed by atoms with Crippen molar-refractivity contribution in [3.63, 3.8) is 0 Å².